The normalized spacial score (nSPS) is 10.8. The van der Waals surface area contributed by atoms with E-state index in [-0.39, 0.29) is 20.7 Å². The van der Waals surface area contributed by atoms with E-state index in [9.17, 15) is 17.6 Å². The van der Waals surface area contributed by atoms with Crippen LogP contribution in [0.2, 0.25) is 0 Å². The lowest BCUT2D eigenvalue weighted by Crippen LogP contribution is -1.95. The fraction of sp³-hybridized carbons (Fsp3) is 0.0769. The van der Waals surface area contributed by atoms with Crippen molar-refractivity contribution in [2.45, 2.75) is 10.6 Å². The quantitative estimate of drug-likeness (QED) is 0.411. The van der Waals surface area contributed by atoms with Crippen molar-refractivity contribution in [1.82, 2.24) is 0 Å². The zero-order valence-electron chi connectivity index (χ0n) is 9.39. The fourth-order valence-electron chi connectivity index (χ4n) is 1.44. The molecule has 19 heavy (non-hydrogen) atoms. The van der Waals surface area contributed by atoms with Crippen molar-refractivity contribution in [2.24, 2.45) is 0 Å². The van der Waals surface area contributed by atoms with Crippen LogP contribution in [0.5, 0.6) is 0 Å². The van der Waals surface area contributed by atoms with Gasteiger partial charge in [-0.3, -0.25) is 0 Å². The molecular weight excluding hydrogens is 344 g/mol. The molecule has 0 heterocycles. The summed E-state index contributed by atoms with van der Waals surface area (Å²) in [7, 11) is 0. The maximum absolute atomic E-state index is 13.7. The third-order valence-corrected chi connectivity index (χ3v) is 4.09. The lowest BCUT2D eigenvalue weighted by Gasteiger charge is -2.07. The smallest absolute Gasteiger partial charge is 0.144 e. The van der Waals surface area contributed by atoms with Crippen molar-refractivity contribution in [2.75, 3.05) is 0 Å². The van der Waals surface area contributed by atoms with Crippen molar-refractivity contribution in [3.8, 4) is 0 Å². The highest BCUT2D eigenvalue weighted by atomic mass is 79.9. The van der Waals surface area contributed by atoms with Crippen molar-refractivity contribution in [3.63, 3.8) is 0 Å². The topological polar surface area (TPSA) is 0 Å². The Morgan fingerprint density at radius 3 is 2.37 bits per heavy atom. The van der Waals surface area contributed by atoms with Gasteiger partial charge < -0.3 is 0 Å². The summed E-state index contributed by atoms with van der Waals surface area (Å²) in [6.45, 7) is 0. The summed E-state index contributed by atoms with van der Waals surface area (Å²) in [5, 5.41) is 0. The van der Waals surface area contributed by atoms with E-state index >= 15 is 0 Å². The minimum absolute atomic E-state index is 0.0837. The van der Waals surface area contributed by atoms with Gasteiger partial charge in [0.2, 0.25) is 0 Å². The van der Waals surface area contributed by atoms with Gasteiger partial charge in [-0.05, 0) is 40.2 Å². The molecule has 0 aliphatic carbocycles. The number of benzene rings is 2. The van der Waals surface area contributed by atoms with Crippen LogP contribution in [0.25, 0.3) is 0 Å². The molecule has 0 N–H and O–H groups in total. The van der Waals surface area contributed by atoms with Gasteiger partial charge in [0.05, 0.1) is 4.47 Å². The van der Waals surface area contributed by atoms with Crippen LogP contribution in [0, 0.1) is 23.3 Å². The van der Waals surface area contributed by atoms with E-state index in [1.807, 2.05) is 0 Å². The lowest BCUT2D eigenvalue weighted by atomic mass is 10.2. The molecule has 0 fully saturated rings. The summed E-state index contributed by atoms with van der Waals surface area (Å²) < 4.78 is 53.4. The van der Waals surface area contributed by atoms with Crippen LogP contribution in [0.15, 0.2) is 39.7 Å². The molecular formula is C13H7BrF4S. The number of hydrogen-bond acceptors (Lipinski definition) is 1. The molecule has 0 aliphatic rings. The van der Waals surface area contributed by atoms with Gasteiger partial charge in [-0.25, -0.2) is 17.6 Å². The highest BCUT2D eigenvalue weighted by molar-refractivity contribution is 9.10. The molecule has 0 nitrogen and oxygen atoms in total. The maximum atomic E-state index is 13.7. The van der Waals surface area contributed by atoms with Gasteiger partial charge in [0.1, 0.15) is 23.3 Å². The molecule has 0 unspecified atom stereocenters. The molecule has 0 aliphatic heterocycles. The van der Waals surface area contributed by atoms with Crippen molar-refractivity contribution < 1.29 is 17.6 Å². The molecule has 2 rings (SSSR count). The molecule has 0 saturated carbocycles. The first-order chi connectivity index (χ1) is 8.99. The molecule has 0 aromatic heterocycles. The molecule has 0 radical (unpaired) electrons. The van der Waals surface area contributed by atoms with Crippen LogP contribution in [0.3, 0.4) is 0 Å². The van der Waals surface area contributed by atoms with Crippen LogP contribution in [0.1, 0.15) is 5.56 Å². The van der Waals surface area contributed by atoms with Gasteiger partial charge >= 0.3 is 0 Å². The Morgan fingerprint density at radius 2 is 1.68 bits per heavy atom. The SMILES string of the molecule is Fc1ccc(SCc2c(F)ccc(Br)c2F)c(F)c1. The first-order valence-electron chi connectivity index (χ1n) is 5.19. The third kappa shape index (κ3) is 3.30. The van der Waals surface area contributed by atoms with Gasteiger partial charge in [-0.15, -0.1) is 11.8 Å². The molecule has 2 aromatic carbocycles. The van der Waals surface area contributed by atoms with E-state index in [0.717, 1.165) is 30.0 Å². The van der Waals surface area contributed by atoms with Crippen LogP contribution in [-0.4, -0.2) is 0 Å². The minimum Gasteiger partial charge on any atom is -0.207 e. The second-order valence-electron chi connectivity index (χ2n) is 3.69. The van der Waals surface area contributed by atoms with Crippen LogP contribution >= 0.6 is 27.7 Å². The van der Waals surface area contributed by atoms with Gasteiger partial charge in [-0.1, -0.05) is 0 Å². The summed E-state index contributed by atoms with van der Waals surface area (Å²) in [5.74, 6) is -2.94. The summed E-state index contributed by atoms with van der Waals surface area (Å²) in [6.07, 6.45) is 0. The van der Waals surface area contributed by atoms with Crippen LogP contribution in [0.4, 0.5) is 17.6 Å². The number of halogens is 5. The first kappa shape index (κ1) is 14.4. The molecule has 2 aromatic rings. The largest absolute Gasteiger partial charge is 0.207 e. The average Bonchev–Trinajstić information content (AvgIpc) is 2.36. The average molecular weight is 351 g/mol. The second-order valence-corrected chi connectivity index (χ2v) is 5.56. The van der Waals surface area contributed by atoms with Gasteiger partial charge in [-0.2, -0.15) is 0 Å². The summed E-state index contributed by atoms with van der Waals surface area (Å²) in [6, 6.07) is 5.46. The Labute approximate surface area is 120 Å². The van der Waals surface area contributed by atoms with Gasteiger partial charge in [0.15, 0.2) is 0 Å². The van der Waals surface area contributed by atoms with E-state index in [1.54, 1.807) is 0 Å². The Morgan fingerprint density at radius 1 is 0.947 bits per heavy atom. The predicted octanol–water partition coefficient (Wildman–Crippen LogP) is 5.30. The standard InChI is InChI=1S/C13H7BrF4S/c14-9-2-3-10(16)8(13(9)18)6-19-12-4-1-7(15)5-11(12)17/h1-5H,6H2. The predicted molar refractivity (Wildman–Crippen MR) is 70.0 cm³/mol. The van der Waals surface area contributed by atoms with Gasteiger partial charge in [0, 0.05) is 22.3 Å². The lowest BCUT2D eigenvalue weighted by molar-refractivity contribution is 0.559. The fourth-order valence-corrected chi connectivity index (χ4v) is 2.74. The summed E-state index contributed by atoms with van der Waals surface area (Å²) in [5.41, 5.74) is -0.150. The maximum Gasteiger partial charge on any atom is 0.144 e. The Bertz CT molecular complexity index is 616. The zero-order chi connectivity index (χ0) is 14.0. The number of thioether (sulfide) groups is 1. The van der Waals surface area contributed by atoms with Gasteiger partial charge in [0.25, 0.3) is 0 Å². The van der Waals surface area contributed by atoms with Crippen LogP contribution in [-0.2, 0) is 5.75 Å². The number of hydrogen-bond donors (Lipinski definition) is 0. The molecule has 100 valence electrons. The highest BCUT2D eigenvalue weighted by Gasteiger charge is 2.13. The third-order valence-electron chi connectivity index (χ3n) is 2.40. The van der Waals surface area contributed by atoms with Crippen molar-refractivity contribution in [3.05, 3.63) is 63.6 Å². The van der Waals surface area contributed by atoms with E-state index < -0.39 is 23.3 Å². The van der Waals surface area contributed by atoms with E-state index in [1.165, 1.54) is 12.1 Å². The van der Waals surface area contributed by atoms with E-state index in [2.05, 4.69) is 15.9 Å². The molecule has 0 bridgehead atoms. The molecule has 0 spiro atoms. The second kappa shape index (κ2) is 5.96. The first-order valence-corrected chi connectivity index (χ1v) is 6.97. The molecule has 0 atom stereocenters. The number of rotatable bonds is 3. The highest BCUT2D eigenvalue weighted by Crippen LogP contribution is 2.30. The van der Waals surface area contributed by atoms with E-state index in [0.29, 0.717) is 0 Å². The monoisotopic (exact) mass is 350 g/mol. The Hall–Kier alpha value is -1.01. The Kier molecular flexibility index (Phi) is 4.52. The minimum atomic E-state index is -0.749. The van der Waals surface area contributed by atoms with Crippen molar-refractivity contribution >= 4 is 27.7 Å². The molecule has 6 heteroatoms. The Balaban J connectivity index is 2.21. The summed E-state index contributed by atoms with van der Waals surface area (Å²) in [4.78, 5) is 0.139. The van der Waals surface area contributed by atoms with Crippen molar-refractivity contribution in [1.29, 1.82) is 0 Å². The molecule has 0 amide bonds. The van der Waals surface area contributed by atoms with E-state index in [4.69, 9.17) is 0 Å². The summed E-state index contributed by atoms with van der Waals surface area (Å²) >= 11 is 3.86. The zero-order valence-corrected chi connectivity index (χ0v) is 11.8. The van der Waals surface area contributed by atoms with Crippen LogP contribution < -0.4 is 0 Å². The molecule has 0 saturated heterocycles.